The molecule has 4 rings (SSSR count). The lowest BCUT2D eigenvalue weighted by molar-refractivity contribution is -0.122. The van der Waals surface area contributed by atoms with Gasteiger partial charge in [0.25, 0.3) is 0 Å². The predicted octanol–water partition coefficient (Wildman–Crippen LogP) is 3.59. The van der Waals surface area contributed by atoms with Gasteiger partial charge < -0.3 is 19.7 Å². The van der Waals surface area contributed by atoms with Crippen LogP contribution in [0.4, 0.5) is 10.8 Å². The third-order valence-corrected chi connectivity index (χ3v) is 6.80. The van der Waals surface area contributed by atoms with E-state index in [1.54, 1.807) is 37.3 Å². The molecule has 0 radical (unpaired) electrons. The van der Waals surface area contributed by atoms with Crippen molar-refractivity contribution in [2.45, 2.75) is 44.4 Å². The fourth-order valence-corrected chi connectivity index (χ4v) is 5.05. The minimum Gasteiger partial charge on any atom is -0.493 e. The van der Waals surface area contributed by atoms with Gasteiger partial charge in [-0.15, -0.1) is 10.2 Å². The number of hydrogen-bond donors (Lipinski definition) is 1. The second kappa shape index (κ2) is 8.99. The number of ether oxygens (including phenoxy) is 2. The summed E-state index contributed by atoms with van der Waals surface area (Å²) in [5.74, 6) is 0.857. The number of amides is 2. The number of benzene rings is 1. The van der Waals surface area contributed by atoms with Crippen LogP contribution in [-0.4, -0.2) is 42.8 Å². The molecule has 0 spiro atoms. The van der Waals surface area contributed by atoms with Gasteiger partial charge in [0.2, 0.25) is 16.9 Å². The number of rotatable bonds is 6. The summed E-state index contributed by atoms with van der Waals surface area (Å²) in [6, 6.07) is 5.29. The first-order valence-electron chi connectivity index (χ1n) is 10.3. The topological polar surface area (TPSA) is 93.6 Å². The highest BCUT2D eigenvalue weighted by Gasteiger charge is 2.36. The molecule has 1 atom stereocenters. The van der Waals surface area contributed by atoms with Crippen LogP contribution in [0.5, 0.6) is 11.5 Å². The lowest BCUT2D eigenvalue weighted by atomic mass is 9.90. The van der Waals surface area contributed by atoms with Gasteiger partial charge in [-0.3, -0.25) is 9.59 Å². The molecule has 1 aromatic carbocycles. The van der Waals surface area contributed by atoms with Crippen LogP contribution in [0.15, 0.2) is 18.2 Å². The maximum absolute atomic E-state index is 12.8. The largest absolute Gasteiger partial charge is 0.493 e. The monoisotopic (exact) mass is 430 g/mol. The number of methoxy groups -OCH3 is 2. The third kappa shape index (κ3) is 4.26. The number of nitrogens with one attached hydrogen (secondary N) is 1. The van der Waals surface area contributed by atoms with Gasteiger partial charge in [0.15, 0.2) is 11.5 Å². The molecule has 2 amide bonds. The van der Waals surface area contributed by atoms with Gasteiger partial charge in [-0.05, 0) is 25.0 Å². The van der Waals surface area contributed by atoms with Crippen molar-refractivity contribution < 1.29 is 19.1 Å². The van der Waals surface area contributed by atoms with Gasteiger partial charge in [-0.1, -0.05) is 30.6 Å². The zero-order valence-electron chi connectivity index (χ0n) is 17.2. The molecule has 1 saturated carbocycles. The first-order valence-corrected chi connectivity index (χ1v) is 11.1. The summed E-state index contributed by atoms with van der Waals surface area (Å²) in [6.45, 7) is 0.314. The number of nitrogens with zero attached hydrogens (tertiary/aromatic N) is 3. The Kier molecular flexibility index (Phi) is 6.17. The fraction of sp³-hybridized carbons (Fsp3) is 0.524. The van der Waals surface area contributed by atoms with Gasteiger partial charge in [-0.25, -0.2) is 0 Å². The van der Waals surface area contributed by atoms with Crippen molar-refractivity contribution in [3.8, 4) is 11.5 Å². The normalized spacial score (nSPS) is 19.7. The van der Waals surface area contributed by atoms with Crippen molar-refractivity contribution in [2.75, 3.05) is 31.0 Å². The fourth-order valence-electron chi connectivity index (χ4n) is 4.13. The molecule has 1 aliphatic heterocycles. The van der Waals surface area contributed by atoms with Gasteiger partial charge in [-0.2, -0.15) is 0 Å². The van der Waals surface area contributed by atoms with Crippen LogP contribution < -0.4 is 19.7 Å². The number of hydrogen-bond acceptors (Lipinski definition) is 7. The van der Waals surface area contributed by atoms with Crippen LogP contribution in [0.2, 0.25) is 0 Å². The Balaban J connectivity index is 1.40. The Morgan fingerprint density at radius 2 is 1.90 bits per heavy atom. The van der Waals surface area contributed by atoms with Crippen LogP contribution >= 0.6 is 11.3 Å². The van der Waals surface area contributed by atoms with Crippen LogP contribution in [-0.2, 0) is 9.59 Å². The Hall–Kier alpha value is -2.68. The summed E-state index contributed by atoms with van der Waals surface area (Å²) in [5.41, 5.74) is 0.684. The van der Waals surface area contributed by atoms with E-state index in [9.17, 15) is 9.59 Å². The molecule has 30 heavy (non-hydrogen) atoms. The average molecular weight is 431 g/mol. The van der Waals surface area contributed by atoms with Crippen molar-refractivity contribution in [1.29, 1.82) is 0 Å². The zero-order valence-corrected chi connectivity index (χ0v) is 18.0. The molecule has 1 aromatic heterocycles. The smallest absolute Gasteiger partial charge is 0.231 e. The highest BCUT2D eigenvalue weighted by atomic mass is 32.1. The molecule has 2 aromatic rings. The molecule has 1 saturated heterocycles. The summed E-state index contributed by atoms with van der Waals surface area (Å²) in [5, 5.41) is 12.8. The highest BCUT2D eigenvalue weighted by Crippen LogP contribution is 2.36. The summed E-state index contributed by atoms with van der Waals surface area (Å²) in [6.07, 6.45) is 6.17. The molecule has 160 valence electrons. The predicted molar refractivity (Wildman–Crippen MR) is 114 cm³/mol. The van der Waals surface area contributed by atoms with Crippen LogP contribution in [0.25, 0.3) is 0 Å². The number of anilines is 2. The number of aromatic nitrogens is 2. The van der Waals surface area contributed by atoms with Crippen LogP contribution in [0.3, 0.4) is 0 Å². The standard InChI is InChI=1S/C21H26N4O4S/c1-28-16-9-8-15(11-17(16)29-2)25-12-14(10-18(25)26)19(27)22-21-24-23-20(30-21)13-6-4-3-5-7-13/h8-9,11,13-14H,3-7,10,12H2,1-2H3,(H,22,24,27). The maximum Gasteiger partial charge on any atom is 0.231 e. The molecule has 1 N–H and O–H groups in total. The quantitative estimate of drug-likeness (QED) is 0.753. The van der Waals surface area contributed by atoms with E-state index in [0.717, 1.165) is 17.8 Å². The molecule has 8 nitrogen and oxygen atoms in total. The second-order valence-electron chi connectivity index (χ2n) is 7.71. The first-order chi connectivity index (χ1) is 14.6. The minimum absolute atomic E-state index is 0.0949. The SMILES string of the molecule is COc1ccc(N2CC(C(=O)Nc3nnc(C4CCCCC4)s3)CC2=O)cc1OC. The molecular weight excluding hydrogens is 404 g/mol. The van der Waals surface area contributed by atoms with Gasteiger partial charge in [0, 0.05) is 30.6 Å². The number of carbonyl (C=O) groups excluding carboxylic acids is 2. The van der Waals surface area contributed by atoms with E-state index < -0.39 is 5.92 Å². The van der Waals surface area contributed by atoms with E-state index in [1.165, 1.54) is 30.6 Å². The summed E-state index contributed by atoms with van der Waals surface area (Å²) in [4.78, 5) is 26.9. The van der Waals surface area contributed by atoms with Crippen molar-refractivity contribution in [3.05, 3.63) is 23.2 Å². The summed E-state index contributed by atoms with van der Waals surface area (Å²) in [7, 11) is 3.11. The van der Waals surface area contributed by atoms with Crippen molar-refractivity contribution in [3.63, 3.8) is 0 Å². The molecule has 2 heterocycles. The molecule has 9 heteroatoms. The zero-order chi connectivity index (χ0) is 21.1. The van der Waals surface area contributed by atoms with E-state index in [-0.39, 0.29) is 18.2 Å². The van der Waals surface area contributed by atoms with Gasteiger partial charge in [0.1, 0.15) is 5.01 Å². The molecule has 0 bridgehead atoms. The Labute approximate surface area is 179 Å². The van der Waals surface area contributed by atoms with Crippen LogP contribution in [0.1, 0.15) is 49.5 Å². The Morgan fingerprint density at radius 1 is 1.13 bits per heavy atom. The number of carbonyl (C=O) groups is 2. The van der Waals surface area contributed by atoms with E-state index in [4.69, 9.17) is 9.47 Å². The average Bonchev–Trinajstić information content (AvgIpc) is 3.40. The second-order valence-corrected chi connectivity index (χ2v) is 8.72. The van der Waals surface area contributed by atoms with Crippen molar-refractivity contribution in [2.24, 2.45) is 5.92 Å². The molecule has 1 unspecified atom stereocenters. The van der Waals surface area contributed by atoms with Crippen molar-refractivity contribution >= 4 is 34.0 Å². The van der Waals surface area contributed by atoms with E-state index >= 15 is 0 Å². The molecule has 2 fully saturated rings. The molecular formula is C21H26N4O4S. The van der Waals surface area contributed by atoms with Crippen molar-refractivity contribution in [1.82, 2.24) is 10.2 Å². The van der Waals surface area contributed by atoms with Gasteiger partial charge in [0.05, 0.1) is 20.1 Å². The lowest BCUT2D eigenvalue weighted by Gasteiger charge is -2.18. The first kappa shape index (κ1) is 20.6. The van der Waals surface area contributed by atoms with Crippen LogP contribution in [0, 0.1) is 5.92 Å². The van der Waals surface area contributed by atoms with E-state index in [0.29, 0.717) is 34.8 Å². The Bertz CT molecular complexity index is 925. The third-order valence-electron chi connectivity index (χ3n) is 5.80. The molecule has 1 aliphatic carbocycles. The van der Waals surface area contributed by atoms with E-state index in [1.807, 2.05) is 0 Å². The molecule has 2 aliphatic rings. The minimum atomic E-state index is -0.437. The lowest BCUT2D eigenvalue weighted by Crippen LogP contribution is -2.28. The van der Waals surface area contributed by atoms with E-state index in [2.05, 4.69) is 15.5 Å². The summed E-state index contributed by atoms with van der Waals surface area (Å²) < 4.78 is 10.6. The maximum atomic E-state index is 12.8. The summed E-state index contributed by atoms with van der Waals surface area (Å²) >= 11 is 1.45. The Morgan fingerprint density at radius 3 is 2.63 bits per heavy atom. The van der Waals surface area contributed by atoms with Gasteiger partial charge >= 0.3 is 0 Å². The highest BCUT2D eigenvalue weighted by molar-refractivity contribution is 7.15.